The van der Waals surface area contributed by atoms with Crippen LogP contribution in [0.15, 0.2) is 0 Å². The molecule has 23 heavy (non-hydrogen) atoms. The number of ether oxygens (including phenoxy) is 3. The summed E-state index contributed by atoms with van der Waals surface area (Å²) in [6.45, 7) is 8.41. The Morgan fingerprint density at radius 2 is 1.48 bits per heavy atom. The Balaban J connectivity index is 3.36. The van der Waals surface area contributed by atoms with Crippen LogP contribution in [0.25, 0.3) is 0 Å². The standard InChI is InChI=1S/C16H30FNO5/c1-12(2)15(19)11-23-8-6-21-5-7-22-10-14(17)9-18-16(20)13(3)4/h12-14H,5-11H2,1-4H3,(H,18,20). The van der Waals surface area contributed by atoms with Gasteiger partial charge in [0.1, 0.15) is 12.8 Å². The van der Waals surface area contributed by atoms with Crippen molar-refractivity contribution in [3.8, 4) is 0 Å². The van der Waals surface area contributed by atoms with Crippen molar-refractivity contribution in [2.75, 3.05) is 46.2 Å². The van der Waals surface area contributed by atoms with Crippen LogP contribution in [0.5, 0.6) is 0 Å². The van der Waals surface area contributed by atoms with Gasteiger partial charge in [-0.3, -0.25) is 9.59 Å². The Morgan fingerprint density at radius 3 is 2.04 bits per heavy atom. The average Bonchev–Trinajstić information content (AvgIpc) is 2.50. The molecule has 0 aliphatic carbocycles. The normalized spacial score (nSPS) is 12.7. The molecular weight excluding hydrogens is 305 g/mol. The molecular formula is C16H30FNO5. The van der Waals surface area contributed by atoms with E-state index < -0.39 is 6.17 Å². The molecule has 136 valence electrons. The average molecular weight is 335 g/mol. The van der Waals surface area contributed by atoms with E-state index in [-0.39, 0.29) is 49.9 Å². The molecule has 0 radical (unpaired) electrons. The molecule has 1 amide bonds. The molecule has 1 unspecified atom stereocenters. The third kappa shape index (κ3) is 13.1. The van der Waals surface area contributed by atoms with Gasteiger partial charge in [-0.15, -0.1) is 0 Å². The number of alkyl halides is 1. The second kappa shape index (κ2) is 13.4. The molecule has 1 N–H and O–H groups in total. The quantitative estimate of drug-likeness (QED) is 0.485. The summed E-state index contributed by atoms with van der Waals surface area (Å²) in [6, 6.07) is 0. The lowest BCUT2D eigenvalue weighted by Gasteiger charge is -2.12. The highest BCUT2D eigenvalue weighted by Crippen LogP contribution is 1.95. The Kier molecular flexibility index (Phi) is 12.8. The highest BCUT2D eigenvalue weighted by atomic mass is 19.1. The molecule has 0 spiro atoms. The highest BCUT2D eigenvalue weighted by molar-refractivity contribution is 5.81. The first kappa shape index (κ1) is 21.9. The summed E-state index contributed by atoms with van der Waals surface area (Å²) in [7, 11) is 0. The number of carbonyl (C=O) groups is 2. The van der Waals surface area contributed by atoms with Gasteiger partial charge in [0.25, 0.3) is 0 Å². The topological polar surface area (TPSA) is 73.9 Å². The third-order valence-corrected chi connectivity index (χ3v) is 2.95. The Hall–Kier alpha value is -1.05. The van der Waals surface area contributed by atoms with Crippen molar-refractivity contribution >= 4 is 11.7 Å². The lowest BCUT2D eigenvalue weighted by molar-refractivity contribution is -0.127. The predicted molar refractivity (Wildman–Crippen MR) is 85.0 cm³/mol. The van der Waals surface area contributed by atoms with Crippen LogP contribution < -0.4 is 5.32 Å². The van der Waals surface area contributed by atoms with E-state index in [0.717, 1.165) is 0 Å². The zero-order valence-corrected chi connectivity index (χ0v) is 14.6. The summed E-state index contributed by atoms with van der Waals surface area (Å²) in [5.41, 5.74) is 0. The van der Waals surface area contributed by atoms with Crippen LogP contribution in [0.2, 0.25) is 0 Å². The summed E-state index contributed by atoms with van der Waals surface area (Å²) in [5.74, 6) is -0.295. The first-order valence-electron chi connectivity index (χ1n) is 8.02. The van der Waals surface area contributed by atoms with E-state index in [4.69, 9.17) is 14.2 Å². The summed E-state index contributed by atoms with van der Waals surface area (Å²) in [5, 5.41) is 2.50. The molecule has 0 saturated carbocycles. The smallest absolute Gasteiger partial charge is 0.222 e. The zero-order valence-electron chi connectivity index (χ0n) is 14.6. The number of hydrogen-bond acceptors (Lipinski definition) is 5. The van der Waals surface area contributed by atoms with E-state index in [1.807, 2.05) is 13.8 Å². The number of ketones is 1. The number of halogens is 1. The van der Waals surface area contributed by atoms with Crippen molar-refractivity contribution in [3.63, 3.8) is 0 Å². The number of nitrogens with one attached hydrogen (secondary N) is 1. The summed E-state index contributed by atoms with van der Waals surface area (Å²) >= 11 is 0. The van der Waals surface area contributed by atoms with E-state index in [9.17, 15) is 14.0 Å². The van der Waals surface area contributed by atoms with Crippen molar-refractivity contribution in [2.24, 2.45) is 11.8 Å². The van der Waals surface area contributed by atoms with Gasteiger partial charge in [0, 0.05) is 11.8 Å². The minimum Gasteiger partial charge on any atom is -0.377 e. The molecule has 0 rings (SSSR count). The van der Waals surface area contributed by atoms with E-state index in [1.54, 1.807) is 13.8 Å². The van der Waals surface area contributed by atoms with E-state index >= 15 is 0 Å². The highest BCUT2D eigenvalue weighted by Gasteiger charge is 2.11. The molecule has 0 saturated heterocycles. The van der Waals surface area contributed by atoms with Crippen LogP contribution in [-0.4, -0.2) is 64.0 Å². The number of Topliss-reactive ketones (excluding diaryl/α,β-unsaturated/α-hetero) is 1. The number of hydrogen-bond donors (Lipinski definition) is 1. The first-order chi connectivity index (χ1) is 10.8. The molecule has 0 heterocycles. The fourth-order valence-electron chi connectivity index (χ4n) is 1.36. The molecule has 1 atom stereocenters. The molecule has 0 aliphatic heterocycles. The van der Waals surface area contributed by atoms with Crippen molar-refractivity contribution < 1.29 is 28.2 Å². The van der Waals surface area contributed by atoms with E-state index in [2.05, 4.69) is 5.32 Å². The van der Waals surface area contributed by atoms with Crippen molar-refractivity contribution in [2.45, 2.75) is 33.9 Å². The van der Waals surface area contributed by atoms with Crippen LogP contribution >= 0.6 is 0 Å². The Bertz CT molecular complexity index is 336. The molecule has 6 nitrogen and oxygen atoms in total. The van der Waals surface area contributed by atoms with Gasteiger partial charge in [0.05, 0.1) is 39.6 Å². The number of carbonyl (C=O) groups excluding carboxylic acids is 2. The molecule has 0 aromatic heterocycles. The second-order valence-corrected chi connectivity index (χ2v) is 5.86. The van der Waals surface area contributed by atoms with Gasteiger partial charge in [0.2, 0.25) is 5.91 Å². The Labute approximate surface area is 138 Å². The van der Waals surface area contributed by atoms with E-state index in [1.165, 1.54) is 0 Å². The molecule has 0 bridgehead atoms. The van der Waals surface area contributed by atoms with Gasteiger partial charge in [-0.05, 0) is 0 Å². The van der Waals surface area contributed by atoms with Crippen LogP contribution in [0, 0.1) is 11.8 Å². The SMILES string of the molecule is CC(C)C(=O)COCCOCCOCC(F)CNC(=O)C(C)C. The number of amides is 1. The van der Waals surface area contributed by atoms with Gasteiger partial charge in [-0.1, -0.05) is 27.7 Å². The van der Waals surface area contributed by atoms with Crippen molar-refractivity contribution in [3.05, 3.63) is 0 Å². The maximum atomic E-state index is 13.4. The van der Waals surface area contributed by atoms with E-state index in [0.29, 0.717) is 19.8 Å². The Morgan fingerprint density at radius 1 is 0.913 bits per heavy atom. The fraction of sp³-hybridized carbons (Fsp3) is 0.875. The fourth-order valence-corrected chi connectivity index (χ4v) is 1.36. The van der Waals surface area contributed by atoms with Crippen LogP contribution in [0.1, 0.15) is 27.7 Å². The van der Waals surface area contributed by atoms with Crippen LogP contribution in [0.4, 0.5) is 4.39 Å². The lowest BCUT2D eigenvalue weighted by atomic mass is 10.1. The minimum atomic E-state index is -1.23. The maximum absolute atomic E-state index is 13.4. The van der Waals surface area contributed by atoms with Gasteiger partial charge in [-0.2, -0.15) is 0 Å². The van der Waals surface area contributed by atoms with Crippen LogP contribution in [-0.2, 0) is 23.8 Å². The summed E-state index contributed by atoms with van der Waals surface area (Å²) in [4.78, 5) is 22.5. The number of rotatable bonds is 14. The van der Waals surface area contributed by atoms with Gasteiger partial charge >= 0.3 is 0 Å². The largest absolute Gasteiger partial charge is 0.377 e. The monoisotopic (exact) mass is 335 g/mol. The molecule has 0 aliphatic rings. The maximum Gasteiger partial charge on any atom is 0.222 e. The summed E-state index contributed by atoms with van der Waals surface area (Å²) < 4.78 is 28.9. The third-order valence-electron chi connectivity index (χ3n) is 2.95. The lowest BCUT2D eigenvalue weighted by Crippen LogP contribution is -2.35. The van der Waals surface area contributed by atoms with Gasteiger partial charge < -0.3 is 19.5 Å². The van der Waals surface area contributed by atoms with Gasteiger partial charge in [0.15, 0.2) is 5.78 Å². The first-order valence-corrected chi connectivity index (χ1v) is 8.02. The molecule has 0 fully saturated rings. The zero-order chi connectivity index (χ0) is 17.7. The molecule has 0 aromatic rings. The predicted octanol–water partition coefficient (Wildman–Crippen LogP) is 1.37. The second-order valence-electron chi connectivity index (χ2n) is 5.86. The van der Waals surface area contributed by atoms with Crippen molar-refractivity contribution in [1.29, 1.82) is 0 Å². The van der Waals surface area contributed by atoms with Crippen molar-refractivity contribution in [1.82, 2.24) is 5.32 Å². The molecule has 0 aromatic carbocycles. The molecule has 7 heteroatoms. The minimum absolute atomic E-state index is 0.0247. The van der Waals surface area contributed by atoms with Gasteiger partial charge in [-0.25, -0.2) is 4.39 Å². The van der Waals surface area contributed by atoms with Crippen LogP contribution in [0.3, 0.4) is 0 Å². The summed E-state index contributed by atoms with van der Waals surface area (Å²) in [6.07, 6.45) is -1.23.